The molecule has 0 aliphatic heterocycles. The maximum absolute atomic E-state index is 10.4. The molecule has 0 aromatic heterocycles. The predicted octanol–water partition coefficient (Wildman–Crippen LogP) is -2.56. The van der Waals surface area contributed by atoms with Crippen molar-refractivity contribution in [3.8, 4) is 0 Å². The summed E-state index contributed by atoms with van der Waals surface area (Å²) in [6, 6.07) is 0. The van der Waals surface area contributed by atoms with Crippen molar-refractivity contribution in [3.05, 3.63) is 0 Å². The Labute approximate surface area is 87.4 Å². The molecule has 11 heavy (non-hydrogen) atoms. The summed E-state index contributed by atoms with van der Waals surface area (Å²) in [6.45, 7) is 0. The molecule has 0 spiro atoms. The van der Waals surface area contributed by atoms with Gasteiger partial charge in [-0.3, -0.25) is 9.59 Å². The number of hydrogen-bond donors (Lipinski definition) is 2. The largest absolute Gasteiger partial charge is 1.00 e. The van der Waals surface area contributed by atoms with Crippen LogP contribution in [0.25, 0.3) is 0 Å². The quantitative estimate of drug-likeness (QED) is 0.351. The molecule has 4 nitrogen and oxygen atoms in total. The zero-order valence-electron chi connectivity index (χ0n) is 7.33. The van der Waals surface area contributed by atoms with E-state index in [0.717, 1.165) is 0 Å². The van der Waals surface area contributed by atoms with E-state index in [9.17, 15) is 9.59 Å². The second-order valence-electron chi connectivity index (χ2n) is 2.55. The van der Waals surface area contributed by atoms with Gasteiger partial charge in [-0.2, -0.15) is 0 Å². The SMILES string of the molecule is O=C(O)C1(C(=O)O)CCC1.[H-].[Na+]. The Bertz CT molecular complexity index is 174. The minimum Gasteiger partial charge on any atom is -1.00 e. The monoisotopic (exact) mass is 168 g/mol. The van der Waals surface area contributed by atoms with Crippen LogP contribution in [0.15, 0.2) is 0 Å². The number of hydrogen-bond acceptors (Lipinski definition) is 2. The van der Waals surface area contributed by atoms with Crippen molar-refractivity contribution in [1.82, 2.24) is 0 Å². The molecule has 0 bridgehead atoms. The van der Waals surface area contributed by atoms with Gasteiger partial charge in [-0.25, -0.2) is 0 Å². The molecule has 0 atom stereocenters. The summed E-state index contributed by atoms with van der Waals surface area (Å²) in [5.41, 5.74) is -1.44. The van der Waals surface area contributed by atoms with Crippen LogP contribution in [0.1, 0.15) is 20.7 Å². The normalized spacial score (nSPS) is 19.3. The molecule has 0 amide bonds. The topological polar surface area (TPSA) is 74.6 Å². The Morgan fingerprint density at radius 3 is 1.55 bits per heavy atom. The number of carboxylic acid groups (broad SMARTS) is 2. The van der Waals surface area contributed by atoms with Gasteiger partial charge in [0, 0.05) is 0 Å². The molecule has 1 aliphatic carbocycles. The van der Waals surface area contributed by atoms with Gasteiger partial charge in [0.25, 0.3) is 0 Å². The van der Waals surface area contributed by atoms with Crippen molar-refractivity contribution in [2.24, 2.45) is 5.41 Å². The van der Waals surface area contributed by atoms with Crippen molar-refractivity contribution >= 4 is 11.9 Å². The second kappa shape index (κ2) is 3.56. The third kappa shape index (κ3) is 1.58. The van der Waals surface area contributed by atoms with Gasteiger partial charge in [-0.1, -0.05) is 0 Å². The maximum Gasteiger partial charge on any atom is 1.00 e. The van der Waals surface area contributed by atoms with Gasteiger partial charge in [-0.15, -0.1) is 0 Å². The Morgan fingerprint density at radius 1 is 1.18 bits per heavy atom. The van der Waals surface area contributed by atoms with Crippen LogP contribution >= 0.6 is 0 Å². The fraction of sp³-hybridized carbons (Fsp3) is 0.667. The van der Waals surface area contributed by atoms with Gasteiger partial charge in [0.05, 0.1) is 0 Å². The van der Waals surface area contributed by atoms with Crippen LogP contribution in [0, 0.1) is 5.41 Å². The Hall–Kier alpha value is -0.0600. The molecule has 0 aromatic rings. The zero-order chi connectivity index (χ0) is 7.78. The van der Waals surface area contributed by atoms with Gasteiger partial charge < -0.3 is 11.6 Å². The van der Waals surface area contributed by atoms with E-state index in [1.54, 1.807) is 0 Å². The van der Waals surface area contributed by atoms with E-state index < -0.39 is 17.4 Å². The van der Waals surface area contributed by atoms with Crippen LogP contribution in [0.2, 0.25) is 0 Å². The standard InChI is InChI=1S/C6H8O4.Na.H/c7-4(8)6(5(9)10)2-1-3-6;;/h1-3H2,(H,7,8)(H,9,10);;/q;+1;-1. The first-order valence-corrected chi connectivity index (χ1v) is 3.06. The Morgan fingerprint density at radius 2 is 1.55 bits per heavy atom. The smallest absolute Gasteiger partial charge is 1.00 e. The molecule has 2 N–H and O–H groups in total. The fourth-order valence-corrected chi connectivity index (χ4v) is 1.05. The van der Waals surface area contributed by atoms with E-state index in [4.69, 9.17) is 10.2 Å². The van der Waals surface area contributed by atoms with Gasteiger partial charge in [0.2, 0.25) is 0 Å². The maximum atomic E-state index is 10.4. The summed E-state index contributed by atoms with van der Waals surface area (Å²) in [4.78, 5) is 20.7. The van der Waals surface area contributed by atoms with E-state index >= 15 is 0 Å². The summed E-state index contributed by atoms with van der Waals surface area (Å²) < 4.78 is 0. The molecule has 58 valence electrons. The van der Waals surface area contributed by atoms with Crippen LogP contribution in [-0.4, -0.2) is 22.2 Å². The van der Waals surface area contributed by atoms with E-state index in [-0.39, 0.29) is 43.8 Å². The molecule has 0 saturated heterocycles. The van der Waals surface area contributed by atoms with E-state index in [0.29, 0.717) is 6.42 Å². The van der Waals surface area contributed by atoms with Crippen molar-refractivity contribution in [2.45, 2.75) is 19.3 Å². The molecular weight excluding hydrogens is 159 g/mol. The minimum absolute atomic E-state index is 0. The molecule has 1 saturated carbocycles. The minimum atomic E-state index is -1.44. The fourth-order valence-electron chi connectivity index (χ4n) is 1.05. The summed E-state index contributed by atoms with van der Waals surface area (Å²) >= 11 is 0. The average Bonchev–Trinajstić information content (AvgIpc) is 1.57. The number of carbonyl (C=O) groups is 2. The van der Waals surface area contributed by atoms with Crippen LogP contribution < -0.4 is 29.6 Å². The van der Waals surface area contributed by atoms with Crippen molar-refractivity contribution in [1.29, 1.82) is 0 Å². The first-order valence-electron chi connectivity index (χ1n) is 3.06. The molecule has 1 aliphatic rings. The molecular formula is C6H9NaO4. The van der Waals surface area contributed by atoms with Crippen molar-refractivity contribution in [3.63, 3.8) is 0 Å². The number of aliphatic carboxylic acids is 2. The van der Waals surface area contributed by atoms with E-state index in [2.05, 4.69) is 0 Å². The number of carboxylic acids is 2. The molecule has 5 heteroatoms. The third-order valence-corrected chi connectivity index (χ3v) is 2.03. The summed E-state index contributed by atoms with van der Waals surface area (Å²) in [5, 5.41) is 16.9. The molecule has 0 unspecified atom stereocenters. The van der Waals surface area contributed by atoms with E-state index in [1.165, 1.54) is 0 Å². The third-order valence-electron chi connectivity index (χ3n) is 2.03. The van der Waals surface area contributed by atoms with Gasteiger partial charge >= 0.3 is 41.5 Å². The zero-order valence-corrected chi connectivity index (χ0v) is 8.33. The second-order valence-corrected chi connectivity index (χ2v) is 2.55. The molecule has 0 radical (unpaired) electrons. The van der Waals surface area contributed by atoms with Crippen LogP contribution in [0.3, 0.4) is 0 Å². The summed E-state index contributed by atoms with van der Waals surface area (Å²) in [7, 11) is 0. The van der Waals surface area contributed by atoms with E-state index in [1.807, 2.05) is 0 Å². The first kappa shape index (κ1) is 10.9. The first-order chi connectivity index (χ1) is 4.59. The molecule has 1 fully saturated rings. The summed E-state index contributed by atoms with van der Waals surface area (Å²) in [5.74, 6) is -2.41. The van der Waals surface area contributed by atoms with Gasteiger partial charge in [0.15, 0.2) is 5.41 Å². The van der Waals surface area contributed by atoms with Crippen molar-refractivity contribution < 1.29 is 50.8 Å². The Kier molecular flexibility index (Phi) is 3.54. The molecule has 0 heterocycles. The van der Waals surface area contributed by atoms with Crippen molar-refractivity contribution in [2.75, 3.05) is 0 Å². The predicted molar refractivity (Wildman–Crippen MR) is 32.7 cm³/mol. The summed E-state index contributed by atoms with van der Waals surface area (Å²) in [6.07, 6.45) is 1.26. The van der Waals surface area contributed by atoms with Gasteiger partial charge in [-0.05, 0) is 19.3 Å². The molecule has 1 rings (SSSR count). The number of rotatable bonds is 2. The Balaban J connectivity index is 0. The van der Waals surface area contributed by atoms with Crippen LogP contribution in [0.5, 0.6) is 0 Å². The van der Waals surface area contributed by atoms with Crippen LogP contribution in [0.4, 0.5) is 0 Å². The average molecular weight is 168 g/mol. The van der Waals surface area contributed by atoms with Crippen LogP contribution in [-0.2, 0) is 9.59 Å². The van der Waals surface area contributed by atoms with Gasteiger partial charge in [0.1, 0.15) is 0 Å². The molecule has 0 aromatic carbocycles.